The van der Waals surface area contributed by atoms with Crippen LogP contribution in [0.3, 0.4) is 0 Å². The normalized spacial score (nSPS) is 10.7. The molecule has 2 N–H and O–H groups in total. The Morgan fingerprint density at radius 2 is 2.16 bits per heavy atom. The number of imidazole rings is 1. The molecule has 19 heavy (non-hydrogen) atoms. The van der Waals surface area contributed by atoms with Crippen LogP contribution >= 0.6 is 0 Å². The van der Waals surface area contributed by atoms with Gasteiger partial charge < -0.3 is 15.2 Å². The van der Waals surface area contributed by atoms with Crippen LogP contribution in [0.5, 0.6) is 0 Å². The molecule has 1 aromatic heterocycles. The number of nitrogens with zero attached hydrogens (tertiary/aromatic N) is 3. The summed E-state index contributed by atoms with van der Waals surface area (Å²) in [5.74, 6) is 0.506. The van der Waals surface area contributed by atoms with E-state index in [4.69, 9.17) is 5.73 Å². The average Bonchev–Trinajstić information content (AvgIpc) is 2.89. The molecule has 0 atom stereocenters. The molecule has 4 nitrogen and oxygen atoms in total. The summed E-state index contributed by atoms with van der Waals surface area (Å²) < 4.78 is 16.0. The SMILES string of the molecule is CCn1ccnc1N(CCCN)c1ccccc1F. The summed E-state index contributed by atoms with van der Waals surface area (Å²) in [6, 6.07) is 6.74. The first-order chi connectivity index (χ1) is 9.27. The molecule has 0 radical (unpaired) electrons. The van der Waals surface area contributed by atoms with Gasteiger partial charge in [-0.15, -0.1) is 0 Å². The summed E-state index contributed by atoms with van der Waals surface area (Å²) in [5.41, 5.74) is 6.11. The van der Waals surface area contributed by atoms with Gasteiger partial charge in [0.25, 0.3) is 0 Å². The van der Waals surface area contributed by atoms with Crippen molar-refractivity contribution in [2.75, 3.05) is 18.0 Å². The molecule has 0 aliphatic heterocycles. The molecule has 0 aliphatic carbocycles. The second-order valence-electron chi connectivity index (χ2n) is 4.26. The van der Waals surface area contributed by atoms with Gasteiger partial charge in [0.15, 0.2) is 0 Å². The van der Waals surface area contributed by atoms with E-state index in [9.17, 15) is 4.39 Å². The van der Waals surface area contributed by atoms with Crippen molar-refractivity contribution < 1.29 is 4.39 Å². The highest BCUT2D eigenvalue weighted by Crippen LogP contribution is 2.26. The van der Waals surface area contributed by atoms with Gasteiger partial charge in [0.1, 0.15) is 5.82 Å². The van der Waals surface area contributed by atoms with Crippen molar-refractivity contribution in [3.8, 4) is 0 Å². The van der Waals surface area contributed by atoms with E-state index in [0.29, 0.717) is 18.8 Å². The van der Waals surface area contributed by atoms with Crippen molar-refractivity contribution >= 4 is 11.6 Å². The lowest BCUT2D eigenvalue weighted by Crippen LogP contribution is -2.25. The van der Waals surface area contributed by atoms with E-state index in [1.54, 1.807) is 18.3 Å². The Kier molecular flexibility index (Phi) is 4.52. The number of anilines is 2. The number of halogens is 1. The Balaban J connectivity index is 2.39. The molecule has 0 aliphatic rings. The molecular formula is C14H19FN4. The second kappa shape index (κ2) is 6.33. The van der Waals surface area contributed by atoms with Crippen LogP contribution in [-0.2, 0) is 6.54 Å². The highest BCUT2D eigenvalue weighted by molar-refractivity contribution is 5.58. The monoisotopic (exact) mass is 262 g/mol. The minimum absolute atomic E-state index is 0.245. The van der Waals surface area contributed by atoms with Crippen molar-refractivity contribution in [2.45, 2.75) is 19.9 Å². The minimum atomic E-state index is -0.245. The first kappa shape index (κ1) is 13.5. The quantitative estimate of drug-likeness (QED) is 0.870. The van der Waals surface area contributed by atoms with Crippen LogP contribution in [0.25, 0.3) is 0 Å². The lowest BCUT2D eigenvalue weighted by Gasteiger charge is -2.24. The molecule has 5 heteroatoms. The Morgan fingerprint density at radius 1 is 1.37 bits per heavy atom. The van der Waals surface area contributed by atoms with Gasteiger partial charge >= 0.3 is 0 Å². The third kappa shape index (κ3) is 2.93. The average molecular weight is 262 g/mol. The molecule has 102 valence electrons. The largest absolute Gasteiger partial charge is 0.330 e. The summed E-state index contributed by atoms with van der Waals surface area (Å²) >= 11 is 0. The van der Waals surface area contributed by atoms with Crippen LogP contribution in [0, 0.1) is 5.82 Å². The highest BCUT2D eigenvalue weighted by Gasteiger charge is 2.16. The summed E-state index contributed by atoms with van der Waals surface area (Å²) in [6.45, 7) is 4.04. The van der Waals surface area contributed by atoms with E-state index in [1.807, 2.05) is 28.7 Å². The first-order valence-corrected chi connectivity index (χ1v) is 6.51. The Labute approximate surface area is 112 Å². The van der Waals surface area contributed by atoms with Gasteiger partial charge in [0.2, 0.25) is 5.95 Å². The Hall–Kier alpha value is -1.88. The van der Waals surface area contributed by atoms with Crippen LogP contribution < -0.4 is 10.6 Å². The van der Waals surface area contributed by atoms with Crippen LogP contribution in [0.4, 0.5) is 16.0 Å². The van der Waals surface area contributed by atoms with Gasteiger partial charge in [-0.05, 0) is 32.0 Å². The number of para-hydroxylation sites is 1. The van der Waals surface area contributed by atoms with Gasteiger partial charge in [-0.2, -0.15) is 0 Å². The second-order valence-corrected chi connectivity index (χ2v) is 4.26. The summed E-state index contributed by atoms with van der Waals surface area (Å²) in [6.07, 6.45) is 4.41. The summed E-state index contributed by atoms with van der Waals surface area (Å²) in [5, 5.41) is 0. The van der Waals surface area contributed by atoms with Gasteiger partial charge in [-0.25, -0.2) is 9.37 Å². The molecule has 0 amide bonds. The van der Waals surface area contributed by atoms with Crippen molar-refractivity contribution in [1.82, 2.24) is 9.55 Å². The van der Waals surface area contributed by atoms with E-state index >= 15 is 0 Å². The van der Waals surface area contributed by atoms with Crippen LogP contribution in [0.2, 0.25) is 0 Å². The third-order valence-corrected chi connectivity index (χ3v) is 3.00. The Bertz CT molecular complexity index is 524. The molecule has 0 fully saturated rings. The molecular weight excluding hydrogens is 243 g/mol. The molecule has 0 saturated carbocycles. The highest BCUT2D eigenvalue weighted by atomic mass is 19.1. The molecule has 0 spiro atoms. The lowest BCUT2D eigenvalue weighted by molar-refractivity contribution is 0.619. The Morgan fingerprint density at radius 3 is 2.84 bits per heavy atom. The van der Waals surface area contributed by atoms with Crippen molar-refractivity contribution in [1.29, 1.82) is 0 Å². The van der Waals surface area contributed by atoms with E-state index in [-0.39, 0.29) is 5.82 Å². The minimum Gasteiger partial charge on any atom is -0.330 e. The van der Waals surface area contributed by atoms with E-state index < -0.39 is 0 Å². The predicted octanol–water partition coefficient (Wildman–Crippen LogP) is 2.53. The number of aromatic nitrogens is 2. The fraction of sp³-hybridized carbons (Fsp3) is 0.357. The maximum Gasteiger partial charge on any atom is 0.210 e. The van der Waals surface area contributed by atoms with E-state index in [1.165, 1.54) is 6.07 Å². The fourth-order valence-corrected chi connectivity index (χ4v) is 2.04. The fourth-order valence-electron chi connectivity index (χ4n) is 2.04. The molecule has 2 aromatic rings. The van der Waals surface area contributed by atoms with E-state index in [0.717, 1.165) is 18.9 Å². The zero-order chi connectivity index (χ0) is 13.7. The maximum absolute atomic E-state index is 14.0. The van der Waals surface area contributed by atoms with Crippen molar-refractivity contribution in [2.24, 2.45) is 5.73 Å². The molecule has 1 aromatic carbocycles. The standard InChI is InChI=1S/C14H19FN4/c1-2-18-11-9-17-14(18)19(10-5-8-16)13-7-4-3-6-12(13)15/h3-4,6-7,9,11H,2,5,8,10,16H2,1H3. The number of benzene rings is 1. The molecule has 1 heterocycles. The predicted molar refractivity (Wildman–Crippen MR) is 75.0 cm³/mol. The number of nitrogens with two attached hydrogens (primary N) is 1. The van der Waals surface area contributed by atoms with Crippen molar-refractivity contribution in [3.05, 3.63) is 42.5 Å². The number of aryl methyl sites for hydroxylation is 1. The van der Waals surface area contributed by atoms with Crippen molar-refractivity contribution in [3.63, 3.8) is 0 Å². The van der Waals surface area contributed by atoms with Crippen LogP contribution in [-0.4, -0.2) is 22.6 Å². The van der Waals surface area contributed by atoms with Gasteiger partial charge in [0, 0.05) is 25.5 Å². The van der Waals surface area contributed by atoms with E-state index in [2.05, 4.69) is 4.98 Å². The molecule has 0 saturated heterocycles. The molecule has 2 rings (SSSR count). The zero-order valence-corrected chi connectivity index (χ0v) is 11.1. The molecule has 0 bridgehead atoms. The number of hydrogen-bond donors (Lipinski definition) is 1. The van der Waals surface area contributed by atoms with Crippen LogP contribution in [0.15, 0.2) is 36.7 Å². The number of rotatable bonds is 6. The lowest BCUT2D eigenvalue weighted by atomic mass is 10.2. The molecule has 0 unspecified atom stereocenters. The topological polar surface area (TPSA) is 47.1 Å². The summed E-state index contributed by atoms with van der Waals surface area (Å²) in [7, 11) is 0. The first-order valence-electron chi connectivity index (χ1n) is 6.51. The van der Waals surface area contributed by atoms with Gasteiger partial charge in [-0.3, -0.25) is 0 Å². The van der Waals surface area contributed by atoms with Gasteiger partial charge in [0.05, 0.1) is 5.69 Å². The zero-order valence-electron chi connectivity index (χ0n) is 11.1. The number of hydrogen-bond acceptors (Lipinski definition) is 3. The van der Waals surface area contributed by atoms with Gasteiger partial charge in [-0.1, -0.05) is 12.1 Å². The third-order valence-electron chi connectivity index (χ3n) is 3.00. The maximum atomic E-state index is 14.0. The summed E-state index contributed by atoms with van der Waals surface area (Å²) in [4.78, 5) is 6.22. The smallest absolute Gasteiger partial charge is 0.210 e. The van der Waals surface area contributed by atoms with Crippen LogP contribution in [0.1, 0.15) is 13.3 Å².